The Hall–Kier alpha value is -6.96. The SMILES string of the molecule is CC1(C)c2cc(-c3c4ccccc4c(-c4cccc(-c5cccc6ccccc56)c4)c4ccccc34)ccc2-c2ccc(C3C=Cc4oc5ccccc5c4C3)cc21. The lowest BCUT2D eigenvalue weighted by Crippen LogP contribution is -2.16. The van der Waals surface area contributed by atoms with Crippen LogP contribution in [0.1, 0.15) is 47.8 Å². The topological polar surface area (TPSA) is 13.1 Å². The summed E-state index contributed by atoms with van der Waals surface area (Å²) in [4.78, 5) is 0. The fraction of sp³-hybridized carbons (Fsp3) is 0.0877. The maximum Gasteiger partial charge on any atom is 0.135 e. The average Bonchev–Trinajstić information content (AvgIpc) is 3.76. The van der Waals surface area contributed by atoms with Gasteiger partial charge in [0.1, 0.15) is 11.3 Å². The molecule has 0 fully saturated rings. The Kier molecular flexibility index (Phi) is 7.17. The van der Waals surface area contributed by atoms with Crippen LogP contribution in [-0.2, 0) is 11.8 Å². The summed E-state index contributed by atoms with van der Waals surface area (Å²) in [7, 11) is 0. The lowest BCUT2D eigenvalue weighted by Gasteiger charge is -2.24. The van der Waals surface area contributed by atoms with Gasteiger partial charge in [0.15, 0.2) is 0 Å². The minimum Gasteiger partial charge on any atom is -0.456 e. The van der Waals surface area contributed by atoms with Gasteiger partial charge in [-0.05, 0) is 124 Å². The van der Waals surface area contributed by atoms with Crippen molar-refractivity contribution in [3.05, 3.63) is 210 Å². The van der Waals surface area contributed by atoms with Crippen molar-refractivity contribution >= 4 is 49.4 Å². The second kappa shape index (κ2) is 12.5. The van der Waals surface area contributed by atoms with Gasteiger partial charge in [-0.15, -0.1) is 0 Å². The zero-order valence-electron chi connectivity index (χ0n) is 32.6. The van der Waals surface area contributed by atoms with Crippen LogP contribution in [-0.4, -0.2) is 0 Å². The normalized spacial score (nSPS) is 15.2. The average molecular weight is 741 g/mol. The van der Waals surface area contributed by atoms with Crippen LogP contribution in [0.2, 0.25) is 0 Å². The minimum atomic E-state index is -0.157. The Bertz CT molecular complexity index is 3290. The van der Waals surface area contributed by atoms with Crippen molar-refractivity contribution in [3.63, 3.8) is 0 Å². The number of hydrogen-bond acceptors (Lipinski definition) is 1. The van der Waals surface area contributed by atoms with Gasteiger partial charge in [0, 0.05) is 22.3 Å². The Morgan fingerprint density at radius 2 is 1.03 bits per heavy atom. The molecule has 1 aromatic heterocycles. The van der Waals surface area contributed by atoms with E-state index in [-0.39, 0.29) is 5.41 Å². The molecule has 0 saturated carbocycles. The highest BCUT2D eigenvalue weighted by Gasteiger charge is 2.37. The van der Waals surface area contributed by atoms with E-state index in [4.69, 9.17) is 4.42 Å². The molecule has 1 heterocycles. The number of rotatable bonds is 4. The third-order valence-electron chi connectivity index (χ3n) is 13.2. The molecule has 1 heteroatoms. The summed E-state index contributed by atoms with van der Waals surface area (Å²) in [6.07, 6.45) is 5.47. The molecule has 10 aromatic rings. The molecule has 0 N–H and O–H groups in total. The molecule has 1 unspecified atom stereocenters. The summed E-state index contributed by atoms with van der Waals surface area (Å²) in [5.74, 6) is 1.30. The van der Waals surface area contributed by atoms with Crippen molar-refractivity contribution in [2.45, 2.75) is 31.6 Å². The van der Waals surface area contributed by atoms with Gasteiger partial charge in [-0.2, -0.15) is 0 Å². The molecular weight excluding hydrogens is 701 g/mol. The molecule has 0 saturated heterocycles. The van der Waals surface area contributed by atoms with Gasteiger partial charge in [-0.25, -0.2) is 0 Å². The zero-order chi connectivity index (χ0) is 38.5. The first-order valence-electron chi connectivity index (χ1n) is 20.5. The van der Waals surface area contributed by atoms with Gasteiger partial charge < -0.3 is 4.42 Å². The van der Waals surface area contributed by atoms with Crippen molar-refractivity contribution in [1.29, 1.82) is 0 Å². The fourth-order valence-electron chi connectivity index (χ4n) is 10.4. The molecule has 0 aliphatic heterocycles. The summed E-state index contributed by atoms with van der Waals surface area (Å²) in [6, 6.07) is 65.4. The molecule has 0 radical (unpaired) electrons. The van der Waals surface area contributed by atoms with Crippen molar-refractivity contribution in [2.24, 2.45) is 0 Å². The van der Waals surface area contributed by atoms with E-state index >= 15 is 0 Å². The molecule has 1 atom stereocenters. The third kappa shape index (κ3) is 4.90. The van der Waals surface area contributed by atoms with Gasteiger partial charge in [-0.3, -0.25) is 0 Å². The van der Waals surface area contributed by atoms with Gasteiger partial charge >= 0.3 is 0 Å². The first-order chi connectivity index (χ1) is 28.5. The second-order valence-corrected chi connectivity index (χ2v) is 16.7. The number of para-hydroxylation sites is 1. The van der Waals surface area contributed by atoms with Gasteiger partial charge in [0.05, 0.1) is 0 Å². The van der Waals surface area contributed by atoms with Crippen molar-refractivity contribution in [1.82, 2.24) is 0 Å². The Morgan fingerprint density at radius 3 is 1.78 bits per heavy atom. The minimum absolute atomic E-state index is 0.157. The van der Waals surface area contributed by atoms with E-state index in [1.54, 1.807) is 0 Å². The fourth-order valence-corrected chi connectivity index (χ4v) is 10.4. The summed E-state index contributed by atoms with van der Waals surface area (Å²) >= 11 is 0. The molecule has 9 aromatic carbocycles. The number of hydrogen-bond donors (Lipinski definition) is 0. The van der Waals surface area contributed by atoms with E-state index in [1.165, 1.54) is 104 Å². The Balaban J connectivity index is 0.971. The Labute approximate surface area is 338 Å². The van der Waals surface area contributed by atoms with Gasteiger partial charge in [-0.1, -0.05) is 178 Å². The molecule has 0 amide bonds. The zero-order valence-corrected chi connectivity index (χ0v) is 32.6. The van der Waals surface area contributed by atoms with E-state index in [1.807, 2.05) is 0 Å². The lowest BCUT2D eigenvalue weighted by molar-refractivity contribution is 0.591. The summed E-state index contributed by atoms with van der Waals surface area (Å²) < 4.78 is 6.20. The van der Waals surface area contributed by atoms with Crippen LogP contribution in [0.3, 0.4) is 0 Å². The number of furan rings is 1. The molecule has 274 valence electrons. The first-order valence-corrected chi connectivity index (χ1v) is 20.5. The summed E-state index contributed by atoms with van der Waals surface area (Å²) in [5.41, 5.74) is 16.5. The van der Waals surface area contributed by atoms with Crippen molar-refractivity contribution in [2.75, 3.05) is 0 Å². The largest absolute Gasteiger partial charge is 0.456 e. The van der Waals surface area contributed by atoms with Crippen molar-refractivity contribution in [3.8, 4) is 44.5 Å². The molecule has 1 nitrogen and oxygen atoms in total. The standard InChI is InChI=1S/C57H40O/c1-57(2)51-33-37(36-27-30-54-50(32-36)45-18-9-10-24-53(45)58-54)25-28-43(51)44-29-26-40(34-52(44)57)56-48-21-7-5-19-46(48)55(47-20-6-8-22-49(47)56)39-16-11-15-38(31-39)42-23-12-14-35-13-3-4-17-41(35)42/h3-31,33-34,36H,32H2,1-2H3. The number of benzene rings is 9. The highest BCUT2D eigenvalue weighted by Crippen LogP contribution is 2.52. The van der Waals surface area contributed by atoms with Crippen LogP contribution in [0, 0.1) is 0 Å². The second-order valence-electron chi connectivity index (χ2n) is 16.7. The number of fused-ring (bicyclic) bond motifs is 9. The maximum absolute atomic E-state index is 6.20. The summed E-state index contributed by atoms with van der Waals surface area (Å²) in [6.45, 7) is 4.82. The van der Waals surface area contributed by atoms with E-state index in [0.29, 0.717) is 5.92 Å². The smallest absolute Gasteiger partial charge is 0.135 e. The lowest BCUT2D eigenvalue weighted by atomic mass is 9.79. The monoisotopic (exact) mass is 740 g/mol. The number of allylic oxidation sites excluding steroid dienone is 1. The van der Waals surface area contributed by atoms with Crippen LogP contribution in [0.4, 0.5) is 0 Å². The van der Waals surface area contributed by atoms with Crippen LogP contribution < -0.4 is 0 Å². The van der Waals surface area contributed by atoms with Gasteiger partial charge in [0.25, 0.3) is 0 Å². The van der Waals surface area contributed by atoms with Crippen LogP contribution in [0.25, 0.3) is 93.9 Å². The van der Waals surface area contributed by atoms with Crippen molar-refractivity contribution < 1.29 is 4.42 Å². The summed E-state index contributed by atoms with van der Waals surface area (Å²) in [5, 5.41) is 8.86. The maximum atomic E-state index is 6.20. The van der Waals surface area contributed by atoms with Gasteiger partial charge in [0.2, 0.25) is 0 Å². The highest BCUT2D eigenvalue weighted by molar-refractivity contribution is 6.21. The molecule has 0 bridgehead atoms. The third-order valence-corrected chi connectivity index (χ3v) is 13.2. The van der Waals surface area contributed by atoms with Crippen LogP contribution in [0.15, 0.2) is 186 Å². The highest BCUT2D eigenvalue weighted by atomic mass is 16.3. The van der Waals surface area contributed by atoms with E-state index in [0.717, 1.165) is 17.8 Å². The molecule has 2 aliphatic rings. The van der Waals surface area contributed by atoms with Crippen LogP contribution in [0.5, 0.6) is 0 Å². The molecule has 2 aliphatic carbocycles. The molecule has 58 heavy (non-hydrogen) atoms. The predicted octanol–water partition coefficient (Wildman–Crippen LogP) is 15.6. The van der Waals surface area contributed by atoms with Crippen LogP contribution >= 0.6 is 0 Å². The molecular formula is C57H40O. The van der Waals surface area contributed by atoms with E-state index in [9.17, 15) is 0 Å². The quantitative estimate of drug-likeness (QED) is 0.164. The van der Waals surface area contributed by atoms with E-state index in [2.05, 4.69) is 202 Å². The van der Waals surface area contributed by atoms with E-state index < -0.39 is 0 Å². The first kappa shape index (κ1) is 33.2. The molecule has 0 spiro atoms. The molecule has 12 rings (SSSR count). The Morgan fingerprint density at radius 1 is 0.466 bits per heavy atom. The predicted molar refractivity (Wildman–Crippen MR) is 245 cm³/mol.